The Hall–Kier alpha value is -1.12. The van der Waals surface area contributed by atoms with E-state index in [9.17, 15) is 0 Å². The summed E-state index contributed by atoms with van der Waals surface area (Å²) in [5, 5.41) is 3.36. The van der Waals surface area contributed by atoms with Crippen molar-refractivity contribution in [3.05, 3.63) is 17.6 Å². The van der Waals surface area contributed by atoms with Crippen LogP contribution in [0, 0.1) is 0 Å². The van der Waals surface area contributed by atoms with Crippen LogP contribution in [0.2, 0.25) is 0 Å². The summed E-state index contributed by atoms with van der Waals surface area (Å²) in [6.07, 6.45) is 6.66. The predicted molar refractivity (Wildman–Crippen MR) is 73.4 cm³/mol. The zero-order valence-electron chi connectivity index (χ0n) is 11.4. The minimum atomic E-state index is 0.982. The summed E-state index contributed by atoms with van der Waals surface area (Å²) in [4.78, 5) is 9.19. The SMILES string of the molecule is CCCCc1nc(CCC)cc(NCCC)n1. The van der Waals surface area contributed by atoms with Crippen LogP contribution in [0.25, 0.3) is 0 Å². The van der Waals surface area contributed by atoms with Crippen molar-refractivity contribution >= 4 is 5.82 Å². The van der Waals surface area contributed by atoms with Crippen molar-refractivity contribution in [3.63, 3.8) is 0 Å². The van der Waals surface area contributed by atoms with E-state index >= 15 is 0 Å². The average molecular weight is 235 g/mol. The second-order valence-electron chi connectivity index (χ2n) is 4.44. The highest BCUT2D eigenvalue weighted by Crippen LogP contribution is 2.10. The van der Waals surface area contributed by atoms with Gasteiger partial charge in [-0.1, -0.05) is 33.6 Å². The Kier molecular flexibility index (Phi) is 6.60. The first-order chi connectivity index (χ1) is 8.30. The molecule has 1 N–H and O–H groups in total. The van der Waals surface area contributed by atoms with Gasteiger partial charge in [-0.25, -0.2) is 9.97 Å². The van der Waals surface area contributed by atoms with Gasteiger partial charge in [0.1, 0.15) is 11.6 Å². The Morgan fingerprint density at radius 1 is 1.00 bits per heavy atom. The maximum Gasteiger partial charge on any atom is 0.131 e. The molecule has 1 aromatic heterocycles. The summed E-state index contributed by atoms with van der Waals surface area (Å²) in [6.45, 7) is 7.54. The highest BCUT2D eigenvalue weighted by atomic mass is 15.0. The molecule has 0 atom stereocenters. The van der Waals surface area contributed by atoms with E-state index in [1.165, 1.54) is 18.5 Å². The molecule has 96 valence electrons. The van der Waals surface area contributed by atoms with Crippen molar-refractivity contribution in [1.82, 2.24) is 9.97 Å². The standard InChI is InChI=1S/C14H25N3/c1-4-7-9-13-16-12(8-5-2)11-14(17-13)15-10-6-3/h11H,4-10H2,1-3H3,(H,15,16,17). The van der Waals surface area contributed by atoms with Gasteiger partial charge < -0.3 is 5.32 Å². The van der Waals surface area contributed by atoms with Crippen LogP contribution in [-0.2, 0) is 12.8 Å². The first-order valence-corrected chi connectivity index (χ1v) is 6.90. The highest BCUT2D eigenvalue weighted by molar-refractivity contribution is 5.36. The fourth-order valence-electron chi connectivity index (χ4n) is 1.73. The Morgan fingerprint density at radius 3 is 2.47 bits per heavy atom. The molecule has 0 aliphatic rings. The van der Waals surface area contributed by atoms with Crippen LogP contribution in [0.15, 0.2) is 6.07 Å². The number of hydrogen-bond donors (Lipinski definition) is 1. The summed E-state index contributed by atoms with van der Waals surface area (Å²) in [7, 11) is 0. The first-order valence-electron chi connectivity index (χ1n) is 6.90. The van der Waals surface area contributed by atoms with Crippen LogP contribution >= 0.6 is 0 Å². The maximum atomic E-state index is 4.62. The van der Waals surface area contributed by atoms with Gasteiger partial charge >= 0.3 is 0 Å². The van der Waals surface area contributed by atoms with Gasteiger partial charge in [-0.2, -0.15) is 0 Å². The van der Waals surface area contributed by atoms with Crippen LogP contribution in [0.3, 0.4) is 0 Å². The zero-order chi connectivity index (χ0) is 12.5. The monoisotopic (exact) mass is 235 g/mol. The van der Waals surface area contributed by atoms with Gasteiger partial charge in [0.05, 0.1) is 0 Å². The van der Waals surface area contributed by atoms with Crippen molar-refractivity contribution in [1.29, 1.82) is 0 Å². The molecule has 0 spiro atoms. The highest BCUT2D eigenvalue weighted by Gasteiger charge is 2.03. The quantitative estimate of drug-likeness (QED) is 0.748. The Balaban J connectivity index is 2.76. The molecule has 0 saturated heterocycles. The first kappa shape index (κ1) is 13.9. The molecule has 0 unspecified atom stereocenters. The van der Waals surface area contributed by atoms with Crippen LogP contribution in [-0.4, -0.2) is 16.5 Å². The molecule has 3 nitrogen and oxygen atoms in total. The zero-order valence-corrected chi connectivity index (χ0v) is 11.4. The fourth-order valence-corrected chi connectivity index (χ4v) is 1.73. The van der Waals surface area contributed by atoms with Gasteiger partial charge in [0.2, 0.25) is 0 Å². The number of nitrogens with one attached hydrogen (secondary N) is 1. The van der Waals surface area contributed by atoms with Gasteiger partial charge in [0.25, 0.3) is 0 Å². The summed E-state index contributed by atoms with van der Waals surface area (Å²) < 4.78 is 0. The largest absolute Gasteiger partial charge is 0.370 e. The molecule has 0 aliphatic heterocycles. The van der Waals surface area contributed by atoms with Crippen LogP contribution in [0.5, 0.6) is 0 Å². The number of aromatic nitrogens is 2. The summed E-state index contributed by atoms with van der Waals surface area (Å²) in [6, 6.07) is 2.09. The third-order valence-corrected chi connectivity index (χ3v) is 2.64. The fraction of sp³-hybridized carbons (Fsp3) is 0.714. The van der Waals surface area contributed by atoms with Gasteiger partial charge in [0.15, 0.2) is 0 Å². The molecule has 0 saturated carbocycles. The second-order valence-corrected chi connectivity index (χ2v) is 4.44. The van der Waals surface area contributed by atoms with E-state index < -0.39 is 0 Å². The molecule has 0 radical (unpaired) electrons. The number of rotatable bonds is 8. The van der Waals surface area contributed by atoms with E-state index in [2.05, 4.69) is 42.1 Å². The second kappa shape index (κ2) is 8.04. The third kappa shape index (κ3) is 5.16. The third-order valence-electron chi connectivity index (χ3n) is 2.64. The van der Waals surface area contributed by atoms with Crippen LogP contribution < -0.4 is 5.32 Å². The normalized spacial score (nSPS) is 10.5. The summed E-state index contributed by atoms with van der Waals surface area (Å²) in [5.41, 5.74) is 1.17. The van der Waals surface area contributed by atoms with Gasteiger partial charge in [-0.15, -0.1) is 0 Å². The van der Waals surface area contributed by atoms with Crippen LogP contribution in [0.4, 0.5) is 5.82 Å². The Morgan fingerprint density at radius 2 is 1.82 bits per heavy atom. The lowest BCUT2D eigenvalue weighted by atomic mass is 10.2. The van der Waals surface area contributed by atoms with Crippen LogP contribution in [0.1, 0.15) is 58.0 Å². The van der Waals surface area contributed by atoms with Gasteiger partial charge in [0, 0.05) is 24.7 Å². The molecule has 0 amide bonds. The summed E-state index contributed by atoms with van der Waals surface area (Å²) >= 11 is 0. The molecular formula is C14H25N3. The average Bonchev–Trinajstić information content (AvgIpc) is 2.34. The minimum Gasteiger partial charge on any atom is -0.370 e. The molecule has 0 aromatic carbocycles. The number of anilines is 1. The van der Waals surface area contributed by atoms with Crippen molar-refractivity contribution in [2.45, 2.75) is 59.3 Å². The van der Waals surface area contributed by atoms with Gasteiger partial charge in [-0.05, 0) is 19.3 Å². The molecule has 3 heteroatoms. The van der Waals surface area contributed by atoms with Crippen molar-refractivity contribution in [3.8, 4) is 0 Å². The molecule has 0 bridgehead atoms. The van der Waals surface area contributed by atoms with E-state index in [-0.39, 0.29) is 0 Å². The number of hydrogen-bond acceptors (Lipinski definition) is 3. The smallest absolute Gasteiger partial charge is 0.131 e. The van der Waals surface area contributed by atoms with E-state index in [1.807, 2.05) is 0 Å². The Labute approximate surface area is 105 Å². The lowest BCUT2D eigenvalue weighted by molar-refractivity contribution is 0.738. The minimum absolute atomic E-state index is 0.982. The number of unbranched alkanes of at least 4 members (excludes halogenated alkanes) is 1. The molecule has 17 heavy (non-hydrogen) atoms. The van der Waals surface area contributed by atoms with Crippen molar-refractivity contribution in [2.24, 2.45) is 0 Å². The number of nitrogens with zero attached hydrogens (tertiary/aromatic N) is 2. The van der Waals surface area contributed by atoms with E-state index in [1.54, 1.807) is 0 Å². The predicted octanol–water partition coefficient (Wildman–Crippen LogP) is 3.59. The van der Waals surface area contributed by atoms with Gasteiger partial charge in [-0.3, -0.25) is 0 Å². The topological polar surface area (TPSA) is 37.8 Å². The van der Waals surface area contributed by atoms with E-state index in [4.69, 9.17) is 0 Å². The lowest BCUT2D eigenvalue weighted by Crippen LogP contribution is -2.07. The molecule has 0 fully saturated rings. The molecule has 1 heterocycles. The van der Waals surface area contributed by atoms with Crippen molar-refractivity contribution < 1.29 is 0 Å². The lowest BCUT2D eigenvalue weighted by Gasteiger charge is -2.08. The summed E-state index contributed by atoms with van der Waals surface area (Å²) in [5.74, 6) is 1.99. The maximum absolute atomic E-state index is 4.62. The molecule has 1 rings (SSSR count). The molecule has 0 aliphatic carbocycles. The Bertz CT molecular complexity index is 297. The van der Waals surface area contributed by atoms with Crippen molar-refractivity contribution in [2.75, 3.05) is 11.9 Å². The van der Waals surface area contributed by atoms with E-state index in [0.717, 1.165) is 43.9 Å². The van der Waals surface area contributed by atoms with E-state index in [0.29, 0.717) is 0 Å². The number of aryl methyl sites for hydroxylation is 2. The molecule has 1 aromatic rings. The molecular weight excluding hydrogens is 210 g/mol.